The van der Waals surface area contributed by atoms with Gasteiger partial charge in [0, 0.05) is 16.6 Å². The molecule has 16 heavy (non-hydrogen) atoms. The fourth-order valence-corrected chi connectivity index (χ4v) is 1.79. The zero-order valence-electron chi connectivity index (χ0n) is 9.90. The van der Waals surface area contributed by atoms with Crippen molar-refractivity contribution in [3.05, 3.63) is 10.7 Å². The quantitative estimate of drug-likeness (QED) is 0.595. The second-order valence-corrected chi connectivity index (χ2v) is 5.15. The Morgan fingerprint density at radius 1 is 1.62 bits per heavy atom. The largest absolute Gasteiger partial charge is 0.474 e. The molecule has 0 spiro atoms. The van der Waals surface area contributed by atoms with E-state index in [2.05, 4.69) is 32.9 Å². The van der Waals surface area contributed by atoms with Gasteiger partial charge in [0.1, 0.15) is 5.71 Å². The van der Waals surface area contributed by atoms with Crippen molar-refractivity contribution in [2.75, 3.05) is 0 Å². The minimum atomic E-state index is 0.0642. The first-order valence-electron chi connectivity index (χ1n) is 5.41. The summed E-state index contributed by atoms with van der Waals surface area (Å²) in [7, 11) is 0. The molecule has 1 aliphatic rings. The number of nitrogens with two attached hydrogens (primary N) is 1. The molecule has 90 valence electrons. The summed E-state index contributed by atoms with van der Waals surface area (Å²) in [4.78, 5) is 4.28. The summed E-state index contributed by atoms with van der Waals surface area (Å²) in [6.07, 6.45) is 3.75. The van der Waals surface area contributed by atoms with E-state index in [0.29, 0.717) is 5.90 Å². The highest BCUT2D eigenvalue weighted by Crippen LogP contribution is 2.21. The predicted molar refractivity (Wildman–Crippen MR) is 70.7 cm³/mol. The maximum atomic E-state index is 5.62. The van der Waals surface area contributed by atoms with Gasteiger partial charge in [0.25, 0.3) is 0 Å². The van der Waals surface area contributed by atoms with E-state index in [-0.39, 0.29) is 12.0 Å². The highest BCUT2D eigenvalue weighted by molar-refractivity contribution is 9.11. The lowest BCUT2D eigenvalue weighted by Gasteiger charge is -2.19. The monoisotopic (exact) mass is 287 g/mol. The molecule has 1 aliphatic heterocycles. The van der Waals surface area contributed by atoms with Crippen molar-refractivity contribution < 1.29 is 4.74 Å². The molecule has 0 radical (unpaired) electrons. The number of hydrazone groups is 1. The normalized spacial score (nSPS) is 24.8. The number of allylic oxidation sites excluding steroid dienone is 1. The van der Waals surface area contributed by atoms with Crippen LogP contribution in [-0.4, -0.2) is 17.7 Å². The highest BCUT2D eigenvalue weighted by Gasteiger charge is 2.21. The Labute approximate surface area is 105 Å². The van der Waals surface area contributed by atoms with Gasteiger partial charge in [0.05, 0.1) is 6.10 Å². The summed E-state index contributed by atoms with van der Waals surface area (Å²) >= 11 is 3.46. The van der Waals surface area contributed by atoms with Crippen molar-refractivity contribution in [1.29, 1.82) is 0 Å². The highest BCUT2D eigenvalue weighted by atomic mass is 79.9. The molecule has 5 heteroatoms. The van der Waals surface area contributed by atoms with Gasteiger partial charge in [-0.05, 0) is 26.7 Å². The van der Waals surface area contributed by atoms with Gasteiger partial charge in [-0.2, -0.15) is 5.10 Å². The van der Waals surface area contributed by atoms with Gasteiger partial charge in [0.2, 0.25) is 5.90 Å². The van der Waals surface area contributed by atoms with Crippen molar-refractivity contribution in [3.63, 3.8) is 0 Å². The number of ether oxygens (including phenoxy) is 1. The summed E-state index contributed by atoms with van der Waals surface area (Å²) in [6, 6.07) is 0. The van der Waals surface area contributed by atoms with Gasteiger partial charge in [0.15, 0.2) is 0 Å². The van der Waals surface area contributed by atoms with Gasteiger partial charge in [-0.25, -0.2) is 4.99 Å². The first-order valence-corrected chi connectivity index (χ1v) is 6.21. The van der Waals surface area contributed by atoms with E-state index in [0.717, 1.165) is 23.0 Å². The first kappa shape index (κ1) is 13.2. The number of hydrogen-bond donors (Lipinski definition) is 1. The van der Waals surface area contributed by atoms with Crippen LogP contribution in [0.5, 0.6) is 0 Å². The third-order valence-corrected chi connectivity index (χ3v) is 2.91. The van der Waals surface area contributed by atoms with E-state index in [1.165, 1.54) is 0 Å². The minimum Gasteiger partial charge on any atom is -0.474 e. The molecule has 0 aromatic carbocycles. The molecule has 2 N–H and O–H groups in total. The number of nitrogens with zero attached hydrogens (tertiary/aromatic N) is 2. The minimum absolute atomic E-state index is 0.0642. The Hall–Kier alpha value is -0.840. The lowest BCUT2D eigenvalue weighted by atomic mass is 9.98. The summed E-state index contributed by atoms with van der Waals surface area (Å²) in [6.45, 7) is 5.99. The van der Waals surface area contributed by atoms with Gasteiger partial charge < -0.3 is 10.6 Å². The maximum Gasteiger partial charge on any atom is 0.237 e. The van der Waals surface area contributed by atoms with Crippen LogP contribution in [0.25, 0.3) is 0 Å². The van der Waals surface area contributed by atoms with Crippen molar-refractivity contribution in [2.45, 2.75) is 39.7 Å². The van der Waals surface area contributed by atoms with Crippen LogP contribution >= 0.6 is 15.9 Å². The molecule has 1 heterocycles. The van der Waals surface area contributed by atoms with Crippen LogP contribution in [0.1, 0.15) is 33.6 Å². The van der Waals surface area contributed by atoms with E-state index in [1.54, 1.807) is 6.20 Å². The molecule has 1 rings (SSSR count). The van der Waals surface area contributed by atoms with E-state index >= 15 is 0 Å². The van der Waals surface area contributed by atoms with Crippen LogP contribution in [0.15, 0.2) is 20.8 Å². The lowest BCUT2D eigenvalue weighted by Crippen LogP contribution is -2.28. The molecule has 0 aliphatic carbocycles. The van der Waals surface area contributed by atoms with E-state index < -0.39 is 0 Å². The van der Waals surface area contributed by atoms with Crippen LogP contribution in [0.2, 0.25) is 0 Å². The maximum absolute atomic E-state index is 5.62. The van der Waals surface area contributed by atoms with Crippen LogP contribution in [0.3, 0.4) is 0 Å². The average Bonchev–Trinajstić information content (AvgIpc) is 2.21. The summed E-state index contributed by atoms with van der Waals surface area (Å²) < 4.78 is 6.69. The van der Waals surface area contributed by atoms with Crippen molar-refractivity contribution in [2.24, 2.45) is 21.9 Å². The van der Waals surface area contributed by atoms with Crippen molar-refractivity contribution >= 4 is 27.5 Å². The zero-order valence-corrected chi connectivity index (χ0v) is 11.5. The lowest BCUT2D eigenvalue weighted by molar-refractivity contribution is 0.232. The molecular formula is C11H18BrN3O. The second kappa shape index (κ2) is 6.03. The third-order valence-electron chi connectivity index (χ3n) is 2.31. The molecule has 0 amide bonds. The Balaban J connectivity index is 3.01. The molecule has 0 aromatic heterocycles. The van der Waals surface area contributed by atoms with Crippen LogP contribution < -0.4 is 5.84 Å². The molecule has 1 atom stereocenters. The molecule has 0 saturated carbocycles. The first-order chi connectivity index (χ1) is 7.54. The van der Waals surface area contributed by atoms with Crippen molar-refractivity contribution in [3.8, 4) is 0 Å². The molecule has 4 nitrogen and oxygen atoms in total. The van der Waals surface area contributed by atoms with Gasteiger partial charge in [-0.1, -0.05) is 22.9 Å². The van der Waals surface area contributed by atoms with Crippen molar-refractivity contribution in [1.82, 2.24) is 0 Å². The molecular weight excluding hydrogens is 270 g/mol. The topological polar surface area (TPSA) is 60.0 Å². The van der Waals surface area contributed by atoms with E-state index in [4.69, 9.17) is 10.6 Å². The SMILES string of the molecule is CC(C)OC1=NC=C(Br)CCC(C)/C1=N/N. The van der Waals surface area contributed by atoms with Crippen LogP contribution in [0.4, 0.5) is 0 Å². The zero-order chi connectivity index (χ0) is 12.1. The predicted octanol–water partition coefficient (Wildman–Crippen LogP) is 2.79. The molecule has 0 aromatic rings. The number of aliphatic imine (C=N–C) groups is 1. The van der Waals surface area contributed by atoms with Gasteiger partial charge in [-0.15, -0.1) is 0 Å². The smallest absolute Gasteiger partial charge is 0.237 e. The molecule has 0 saturated heterocycles. The number of halogens is 1. The van der Waals surface area contributed by atoms with Gasteiger partial charge >= 0.3 is 0 Å². The number of rotatable bonds is 1. The van der Waals surface area contributed by atoms with Crippen LogP contribution in [-0.2, 0) is 4.74 Å². The molecule has 1 unspecified atom stereocenters. The fourth-order valence-electron chi connectivity index (χ4n) is 1.46. The Morgan fingerprint density at radius 2 is 2.31 bits per heavy atom. The summed E-state index contributed by atoms with van der Waals surface area (Å²) in [5, 5.41) is 3.81. The Morgan fingerprint density at radius 3 is 2.88 bits per heavy atom. The Bertz CT molecular complexity index is 334. The molecule has 0 fully saturated rings. The fraction of sp³-hybridized carbons (Fsp3) is 0.636. The average molecular weight is 288 g/mol. The third kappa shape index (κ3) is 3.63. The van der Waals surface area contributed by atoms with Gasteiger partial charge in [-0.3, -0.25) is 0 Å². The standard InChI is InChI=1S/C11H18BrN3O/c1-7(2)16-11-10(15-13)8(3)4-5-9(12)6-14-11/h6-8H,4-5,13H2,1-3H3/b9-6?,14-11?,15-10-. The van der Waals surface area contributed by atoms with E-state index in [1.807, 2.05) is 13.8 Å². The molecule has 0 bridgehead atoms. The Kier molecular flexibility index (Phi) is 4.99. The number of hydrogen-bond acceptors (Lipinski definition) is 4. The summed E-state index contributed by atoms with van der Waals surface area (Å²) in [5.74, 6) is 6.19. The van der Waals surface area contributed by atoms with E-state index in [9.17, 15) is 0 Å². The summed E-state index contributed by atoms with van der Waals surface area (Å²) in [5.41, 5.74) is 0.741. The second-order valence-electron chi connectivity index (χ2n) is 4.13. The van der Waals surface area contributed by atoms with Crippen LogP contribution in [0, 0.1) is 5.92 Å².